The van der Waals surface area contributed by atoms with Crippen molar-refractivity contribution in [3.63, 3.8) is 0 Å². The van der Waals surface area contributed by atoms with Gasteiger partial charge in [0.15, 0.2) is 11.8 Å². The van der Waals surface area contributed by atoms with E-state index in [0.717, 1.165) is 49.7 Å². The number of sulfonamides is 1. The second kappa shape index (κ2) is 14.3. The third-order valence-corrected chi connectivity index (χ3v) is 12.6. The Labute approximate surface area is 310 Å². The van der Waals surface area contributed by atoms with Crippen molar-refractivity contribution in [1.29, 1.82) is 0 Å². The van der Waals surface area contributed by atoms with E-state index in [1.165, 1.54) is 39.5 Å². The van der Waals surface area contributed by atoms with Gasteiger partial charge in [-0.2, -0.15) is 4.31 Å². The molecule has 2 unspecified atom stereocenters. The summed E-state index contributed by atoms with van der Waals surface area (Å²) in [6, 6.07) is 10.9. The number of hydrogen-bond acceptors (Lipinski definition) is 9. The topological polar surface area (TPSA) is 135 Å². The van der Waals surface area contributed by atoms with Gasteiger partial charge < -0.3 is 29.5 Å². The first-order valence-corrected chi connectivity index (χ1v) is 18.8. The van der Waals surface area contributed by atoms with Gasteiger partial charge in [-0.05, 0) is 80.4 Å². The van der Waals surface area contributed by atoms with E-state index in [4.69, 9.17) is 21.1 Å². The van der Waals surface area contributed by atoms with Crippen LogP contribution in [-0.2, 0) is 31.6 Å². The number of carbonyl (C=O) groups is 2. The molecule has 12 nitrogen and oxygen atoms in total. The molecule has 2 fully saturated rings. The summed E-state index contributed by atoms with van der Waals surface area (Å²) in [6.45, 7) is 2.39. The molecule has 0 radical (unpaired) electrons. The molecule has 0 spiro atoms. The van der Waals surface area contributed by atoms with Gasteiger partial charge in [-0.3, -0.25) is 14.1 Å². The standard InChI is InChI=1S/C36H40ClF3N4O8S/c1-41-33(46)29-19-24(45)21-44(29,2)35(27-17-22(7-11-30(27)51-4)13-16-42-14-5-6-15-42)26-18-23(37)8-10-28(26)43(34(35)47)53(48,49)32-12-9-25(50-3)20-31(32)52-36(38,39)40/h7-12,17-18,20,24,29,45H,5-6,13-16,19,21H2,1-4H3/p+1/t24-,29+,35?,44?/m1/s1. The number of ether oxygens (including phenoxy) is 3. The van der Waals surface area contributed by atoms with Crippen molar-refractivity contribution in [2.45, 2.75) is 54.6 Å². The molecule has 0 bridgehead atoms. The number of quaternary nitrogens is 1. The predicted octanol–water partition coefficient (Wildman–Crippen LogP) is 4.20. The highest BCUT2D eigenvalue weighted by atomic mass is 35.5. The number of hydrogen-bond donors (Lipinski definition) is 2. The second-order valence-electron chi connectivity index (χ2n) is 13.6. The molecule has 6 rings (SSSR count). The van der Waals surface area contributed by atoms with Crippen LogP contribution < -0.4 is 23.8 Å². The monoisotopic (exact) mass is 781 g/mol. The van der Waals surface area contributed by atoms with E-state index in [1.54, 1.807) is 19.2 Å². The summed E-state index contributed by atoms with van der Waals surface area (Å²) in [7, 11) is 0.314. The molecule has 17 heteroatoms. The highest BCUT2D eigenvalue weighted by Gasteiger charge is 2.72. The molecular formula is C36H41ClF3N4O8S+. The second-order valence-corrected chi connectivity index (χ2v) is 15.8. The summed E-state index contributed by atoms with van der Waals surface area (Å²) < 4.78 is 85.9. The van der Waals surface area contributed by atoms with E-state index in [9.17, 15) is 31.5 Å². The minimum atomic E-state index is -5.31. The first-order valence-electron chi connectivity index (χ1n) is 17.0. The summed E-state index contributed by atoms with van der Waals surface area (Å²) in [4.78, 5) is 30.8. The fourth-order valence-electron chi connectivity index (χ4n) is 8.27. The number of rotatable bonds is 11. The number of likely N-dealkylation sites (N-methyl/N-ethyl adjacent to an activating group) is 2. The van der Waals surface area contributed by atoms with Crippen molar-refractivity contribution in [1.82, 2.24) is 10.2 Å². The Hall–Kier alpha value is -4.09. The Morgan fingerprint density at radius 1 is 1.04 bits per heavy atom. The van der Waals surface area contributed by atoms with Crippen LogP contribution >= 0.6 is 11.6 Å². The molecule has 3 aliphatic heterocycles. The average Bonchev–Trinajstić information content (AvgIpc) is 3.81. The molecule has 0 aliphatic carbocycles. The fourth-order valence-corrected chi connectivity index (χ4v) is 10.00. The SMILES string of the molecule is CNC(=O)[C@@H]1C[C@@H](O)C[N+]1(C)C1(c2cc(CCN3CCCC3)ccc2OC)C(=O)N(S(=O)(=O)c2ccc(OC)cc2OC(F)(F)F)c2ccc(Cl)cc21. The van der Waals surface area contributed by atoms with Crippen molar-refractivity contribution >= 4 is 39.1 Å². The first kappa shape index (κ1) is 38.6. The Balaban J connectivity index is 1.66. The van der Waals surface area contributed by atoms with Gasteiger partial charge in [-0.15, -0.1) is 13.2 Å². The molecule has 286 valence electrons. The molecule has 0 aromatic heterocycles. The Morgan fingerprint density at radius 2 is 1.75 bits per heavy atom. The highest BCUT2D eigenvalue weighted by Crippen LogP contribution is 2.58. The first-order chi connectivity index (χ1) is 25.0. The van der Waals surface area contributed by atoms with Gasteiger partial charge in [0.1, 0.15) is 29.0 Å². The van der Waals surface area contributed by atoms with Crippen LogP contribution in [0.1, 0.15) is 36.0 Å². The van der Waals surface area contributed by atoms with Crippen LogP contribution in [0.15, 0.2) is 59.5 Å². The van der Waals surface area contributed by atoms with Crippen LogP contribution in [0.25, 0.3) is 0 Å². The summed E-state index contributed by atoms with van der Waals surface area (Å²) in [5.41, 5.74) is -1.35. The number of methoxy groups -OCH3 is 2. The number of benzene rings is 3. The summed E-state index contributed by atoms with van der Waals surface area (Å²) in [5.74, 6) is -2.73. The van der Waals surface area contributed by atoms with E-state index in [1.807, 2.05) is 6.07 Å². The van der Waals surface area contributed by atoms with Crippen LogP contribution in [-0.4, -0.2) is 108 Å². The summed E-state index contributed by atoms with van der Waals surface area (Å²) >= 11 is 6.62. The van der Waals surface area contributed by atoms with Crippen molar-refractivity contribution in [2.75, 3.05) is 58.8 Å². The number of anilines is 1. The Kier molecular flexibility index (Phi) is 10.4. The average molecular weight is 782 g/mol. The number of amides is 2. The van der Waals surface area contributed by atoms with Gasteiger partial charge in [-0.1, -0.05) is 17.7 Å². The van der Waals surface area contributed by atoms with Crippen LogP contribution in [0.3, 0.4) is 0 Å². The molecule has 2 amide bonds. The van der Waals surface area contributed by atoms with Crippen LogP contribution in [0.5, 0.6) is 17.2 Å². The number of fused-ring (bicyclic) bond motifs is 1. The van der Waals surface area contributed by atoms with Gasteiger partial charge in [0.25, 0.3) is 15.9 Å². The predicted molar refractivity (Wildman–Crippen MR) is 188 cm³/mol. The number of carbonyl (C=O) groups excluding carboxylic acids is 2. The summed E-state index contributed by atoms with van der Waals surface area (Å²) in [6.07, 6.45) is -3.80. The number of aliphatic hydroxyl groups excluding tert-OH is 1. The third kappa shape index (κ3) is 6.58. The molecule has 4 atom stereocenters. The summed E-state index contributed by atoms with van der Waals surface area (Å²) in [5, 5.41) is 14.0. The van der Waals surface area contributed by atoms with Crippen LogP contribution in [0.4, 0.5) is 18.9 Å². The maximum atomic E-state index is 15.8. The molecular weight excluding hydrogens is 741 g/mol. The number of aliphatic hydroxyl groups is 1. The quantitative estimate of drug-likeness (QED) is 0.275. The van der Waals surface area contributed by atoms with Crippen molar-refractivity contribution in [3.05, 3.63) is 76.3 Å². The molecule has 3 aliphatic rings. The normalized spacial score (nSPS) is 24.7. The zero-order valence-electron chi connectivity index (χ0n) is 29.6. The molecule has 3 heterocycles. The Morgan fingerprint density at radius 3 is 2.40 bits per heavy atom. The number of nitrogens with one attached hydrogen (secondary N) is 1. The lowest BCUT2D eigenvalue weighted by molar-refractivity contribution is -0.953. The zero-order chi connectivity index (χ0) is 38.5. The minimum absolute atomic E-state index is 0.0471. The maximum absolute atomic E-state index is 15.8. The van der Waals surface area contributed by atoms with E-state index in [-0.39, 0.29) is 46.3 Å². The van der Waals surface area contributed by atoms with Gasteiger partial charge >= 0.3 is 12.3 Å². The molecule has 3 aromatic rings. The third-order valence-electron chi connectivity index (χ3n) is 10.6. The zero-order valence-corrected chi connectivity index (χ0v) is 31.1. The highest BCUT2D eigenvalue weighted by molar-refractivity contribution is 7.93. The van der Waals surface area contributed by atoms with E-state index >= 15 is 4.79 Å². The number of halogens is 4. The van der Waals surface area contributed by atoms with Crippen molar-refractivity contribution < 1.29 is 55.0 Å². The Bertz CT molecular complexity index is 2030. The molecule has 53 heavy (non-hydrogen) atoms. The lowest BCUT2D eigenvalue weighted by atomic mass is 9.78. The largest absolute Gasteiger partial charge is 0.573 e. The molecule has 0 saturated carbocycles. The maximum Gasteiger partial charge on any atom is 0.573 e. The molecule has 3 aromatic carbocycles. The van der Waals surface area contributed by atoms with E-state index < -0.39 is 61.0 Å². The smallest absolute Gasteiger partial charge is 0.497 e. The van der Waals surface area contributed by atoms with Crippen molar-refractivity contribution in [2.24, 2.45) is 0 Å². The van der Waals surface area contributed by atoms with Crippen molar-refractivity contribution in [3.8, 4) is 17.2 Å². The van der Waals surface area contributed by atoms with Gasteiger partial charge in [0, 0.05) is 31.1 Å². The van der Waals surface area contributed by atoms with E-state index in [2.05, 4.69) is 15.0 Å². The minimum Gasteiger partial charge on any atom is -0.497 e. The van der Waals surface area contributed by atoms with Crippen LogP contribution in [0.2, 0.25) is 5.02 Å². The lowest BCUT2D eigenvalue weighted by Crippen LogP contribution is -2.69. The van der Waals surface area contributed by atoms with Gasteiger partial charge in [-0.25, -0.2) is 8.42 Å². The van der Waals surface area contributed by atoms with Gasteiger partial charge in [0.05, 0.1) is 38.1 Å². The van der Waals surface area contributed by atoms with Gasteiger partial charge in [0.2, 0.25) is 5.54 Å². The fraction of sp³-hybridized carbons (Fsp3) is 0.444. The van der Waals surface area contributed by atoms with Crippen LogP contribution in [0, 0.1) is 0 Å². The number of nitrogens with zero attached hydrogens (tertiary/aromatic N) is 3. The lowest BCUT2D eigenvalue weighted by Gasteiger charge is -2.48. The number of alkyl halides is 3. The molecule has 2 saturated heterocycles. The van der Waals surface area contributed by atoms with E-state index in [0.29, 0.717) is 17.3 Å². The molecule has 2 N–H and O–H groups in total. The number of likely N-dealkylation sites (tertiary alicyclic amines) is 2.